The summed E-state index contributed by atoms with van der Waals surface area (Å²) in [7, 11) is 0. The van der Waals surface area contributed by atoms with Crippen LogP contribution in [0.5, 0.6) is 0 Å². The van der Waals surface area contributed by atoms with Crippen molar-refractivity contribution < 1.29 is 9.59 Å². The molecule has 0 aliphatic heterocycles. The average molecular weight is 388 g/mol. The number of aryl methyl sites for hydroxylation is 1. The fraction of sp³-hybridized carbons (Fsp3) is 0.211. The van der Waals surface area contributed by atoms with Gasteiger partial charge in [0.15, 0.2) is 10.9 Å². The van der Waals surface area contributed by atoms with Crippen molar-refractivity contribution in [1.82, 2.24) is 10.9 Å². The summed E-state index contributed by atoms with van der Waals surface area (Å²) in [6.07, 6.45) is 0. The van der Waals surface area contributed by atoms with E-state index in [4.69, 9.17) is 12.2 Å². The van der Waals surface area contributed by atoms with E-state index < -0.39 is 0 Å². The van der Waals surface area contributed by atoms with Gasteiger partial charge in [-0.05, 0) is 61.5 Å². The number of thiocarbonyl (C=S) groups is 1. The van der Waals surface area contributed by atoms with E-state index in [0.29, 0.717) is 11.3 Å². The molecule has 0 atom stereocenters. The van der Waals surface area contributed by atoms with Crippen LogP contribution in [0.1, 0.15) is 28.4 Å². The molecule has 136 valence electrons. The van der Waals surface area contributed by atoms with Crippen LogP contribution in [0.25, 0.3) is 0 Å². The van der Waals surface area contributed by atoms with Crippen LogP contribution < -0.4 is 16.2 Å². The molecule has 5 nitrogen and oxygen atoms in total. The van der Waals surface area contributed by atoms with Gasteiger partial charge in [0.25, 0.3) is 0 Å². The molecule has 2 rings (SSSR count). The molecule has 1 amide bonds. The molecular formula is C19H21N3O2S2. The molecule has 0 saturated heterocycles. The fourth-order valence-electron chi connectivity index (χ4n) is 2.14. The van der Waals surface area contributed by atoms with E-state index in [2.05, 4.69) is 35.2 Å². The number of hydrazine groups is 1. The molecule has 0 saturated carbocycles. The van der Waals surface area contributed by atoms with E-state index in [1.54, 1.807) is 36.0 Å². The molecular weight excluding hydrogens is 366 g/mol. The predicted molar refractivity (Wildman–Crippen MR) is 111 cm³/mol. The van der Waals surface area contributed by atoms with Crippen LogP contribution in [0, 0.1) is 6.92 Å². The molecule has 0 spiro atoms. The number of carbonyl (C=O) groups excluding carboxylic acids is 2. The van der Waals surface area contributed by atoms with Crippen molar-refractivity contribution in [3.05, 3.63) is 65.2 Å². The van der Waals surface area contributed by atoms with Crippen molar-refractivity contribution >= 4 is 46.5 Å². The van der Waals surface area contributed by atoms with Crippen molar-refractivity contribution in [2.75, 3.05) is 11.1 Å². The smallest absolute Gasteiger partial charge is 0.248 e. The normalized spacial score (nSPS) is 10.1. The maximum Gasteiger partial charge on any atom is 0.248 e. The second-order valence-electron chi connectivity index (χ2n) is 5.68. The highest BCUT2D eigenvalue weighted by Crippen LogP contribution is 2.15. The lowest BCUT2D eigenvalue weighted by molar-refractivity contribution is -0.119. The second-order valence-corrected chi connectivity index (χ2v) is 7.07. The molecule has 0 heterocycles. The minimum absolute atomic E-state index is 0.00714. The van der Waals surface area contributed by atoms with E-state index >= 15 is 0 Å². The number of nitrogens with one attached hydrogen (secondary N) is 3. The van der Waals surface area contributed by atoms with Gasteiger partial charge in [-0.25, -0.2) is 0 Å². The summed E-state index contributed by atoms with van der Waals surface area (Å²) >= 11 is 6.68. The lowest BCUT2D eigenvalue weighted by Crippen LogP contribution is -2.44. The molecule has 7 heteroatoms. The van der Waals surface area contributed by atoms with Crippen LogP contribution in [0.4, 0.5) is 5.69 Å². The summed E-state index contributed by atoms with van der Waals surface area (Å²) in [6, 6.07) is 15.1. The topological polar surface area (TPSA) is 70.2 Å². The fourth-order valence-corrected chi connectivity index (χ4v) is 3.21. The molecule has 0 aliphatic rings. The third-order valence-corrected chi connectivity index (χ3v) is 4.80. The molecule has 2 aromatic rings. The van der Waals surface area contributed by atoms with Gasteiger partial charge in [0.1, 0.15) is 0 Å². The highest BCUT2D eigenvalue weighted by atomic mass is 32.2. The van der Waals surface area contributed by atoms with Crippen LogP contribution in [0.15, 0.2) is 48.5 Å². The quantitative estimate of drug-likeness (QED) is 0.401. The van der Waals surface area contributed by atoms with E-state index in [9.17, 15) is 9.59 Å². The summed E-state index contributed by atoms with van der Waals surface area (Å²) in [6.45, 7) is 3.58. The van der Waals surface area contributed by atoms with E-state index in [-0.39, 0.29) is 16.8 Å². The number of hydrogen-bond acceptors (Lipinski definition) is 4. The molecule has 0 bridgehead atoms. The van der Waals surface area contributed by atoms with Crippen molar-refractivity contribution in [1.29, 1.82) is 0 Å². The number of ketones is 1. The van der Waals surface area contributed by atoms with Gasteiger partial charge in [0.2, 0.25) is 5.91 Å². The molecule has 0 aromatic heterocycles. The maximum absolute atomic E-state index is 11.9. The van der Waals surface area contributed by atoms with Gasteiger partial charge < -0.3 is 5.32 Å². The van der Waals surface area contributed by atoms with Crippen molar-refractivity contribution in [3.8, 4) is 0 Å². The second kappa shape index (κ2) is 9.94. The minimum Gasteiger partial charge on any atom is -0.331 e. The number of thioether (sulfide) groups is 1. The van der Waals surface area contributed by atoms with Crippen LogP contribution in [-0.4, -0.2) is 22.6 Å². The number of carbonyl (C=O) groups is 2. The van der Waals surface area contributed by atoms with Crippen LogP contribution in [0.2, 0.25) is 0 Å². The van der Waals surface area contributed by atoms with Gasteiger partial charge in [-0.1, -0.05) is 24.3 Å². The van der Waals surface area contributed by atoms with E-state index in [1.165, 1.54) is 18.1 Å². The Balaban J connectivity index is 1.69. The number of benzene rings is 2. The standard InChI is InChI=1S/C19H21N3O2S2/c1-13-5-3-4-6-16(13)11-26-12-18(24)21-22-19(25)20-17-9-7-15(8-10-17)14(2)23/h3-10H,11-12H2,1-2H3,(H,21,24)(H2,20,22,25). The van der Waals surface area contributed by atoms with Crippen LogP contribution >= 0.6 is 24.0 Å². The number of amides is 1. The molecule has 3 N–H and O–H groups in total. The first-order valence-corrected chi connectivity index (χ1v) is 9.61. The number of hydrogen-bond donors (Lipinski definition) is 3. The summed E-state index contributed by atoms with van der Waals surface area (Å²) in [5, 5.41) is 3.22. The molecule has 0 unspecified atom stereocenters. The third kappa shape index (κ3) is 6.50. The highest BCUT2D eigenvalue weighted by Gasteiger charge is 2.05. The zero-order valence-corrected chi connectivity index (χ0v) is 16.3. The molecule has 0 fully saturated rings. The number of anilines is 1. The van der Waals surface area contributed by atoms with Crippen molar-refractivity contribution in [2.24, 2.45) is 0 Å². The lowest BCUT2D eigenvalue weighted by atomic mass is 10.1. The summed E-state index contributed by atoms with van der Waals surface area (Å²) < 4.78 is 0. The molecule has 2 aromatic carbocycles. The average Bonchev–Trinajstić information content (AvgIpc) is 2.62. The van der Waals surface area contributed by atoms with Gasteiger partial charge in [-0.2, -0.15) is 0 Å². The Morgan fingerprint density at radius 1 is 1.04 bits per heavy atom. The Bertz CT molecular complexity index is 792. The van der Waals surface area contributed by atoms with Gasteiger partial charge >= 0.3 is 0 Å². The van der Waals surface area contributed by atoms with Gasteiger partial charge in [-0.15, -0.1) is 11.8 Å². The molecule has 0 aliphatic carbocycles. The zero-order valence-electron chi connectivity index (χ0n) is 14.7. The number of rotatable bonds is 6. The third-order valence-electron chi connectivity index (χ3n) is 3.62. The predicted octanol–water partition coefficient (Wildman–Crippen LogP) is 3.45. The SMILES string of the molecule is CC(=O)c1ccc(NC(=S)NNC(=O)CSCc2ccccc2C)cc1. The largest absolute Gasteiger partial charge is 0.331 e. The van der Waals surface area contributed by atoms with Crippen molar-refractivity contribution in [3.63, 3.8) is 0 Å². The first kappa shape index (κ1) is 19.9. The summed E-state index contributed by atoms with van der Waals surface area (Å²) in [5.41, 5.74) is 9.05. The Kier molecular flexibility index (Phi) is 7.62. The minimum atomic E-state index is -0.153. The number of Topliss-reactive ketones (excluding diaryl/α,β-unsaturated/α-hetero) is 1. The maximum atomic E-state index is 11.9. The molecule has 0 radical (unpaired) electrons. The Morgan fingerprint density at radius 3 is 2.38 bits per heavy atom. The van der Waals surface area contributed by atoms with E-state index in [1.807, 2.05) is 12.1 Å². The monoisotopic (exact) mass is 387 g/mol. The van der Waals surface area contributed by atoms with Crippen molar-refractivity contribution in [2.45, 2.75) is 19.6 Å². The van der Waals surface area contributed by atoms with Gasteiger partial charge in [-0.3, -0.25) is 20.4 Å². The highest BCUT2D eigenvalue weighted by molar-refractivity contribution is 7.99. The summed E-state index contributed by atoms with van der Waals surface area (Å²) in [5.74, 6) is 0.968. The lowest BCUT2D eigenvalue weighted by Gasteiger charge is -2.12. The van der Waals surface area contributed by atoms with Gasteiger partial charge in [0.05, 0.1) is 5.75 Å². The molecule has 26 heavy (non-hydrogen) atoms. The Labute approximate surface area is 162 Å². The summed E-state index contributed by atoms with van der Waals surface area (Å²) in [4.78, 5) is 23.1. The van der Waals surface area contributed by atoms with Crippen LogP contribution in [-0.2, 0) is 10.5 Å². The van der Waals surface area contributed by atoms with Crippen LogP contribution in [0.3, 0.4) is 0 Å². The van der Waals surface area contributed by atoms with E-state index in [0.717, 1.165) is 11.4 Å². The Hall–Kier alpha value is -2.38. The first-order chi connectivity index (χ1) is 12.5. The zero-order chi connectivity index (χ0) is 18.9. The first-order valence-electron chi connectivity index (χ1n) is 8.05. The Morgan fingerprint density at radius 2 is 1.73 bits per heavy atom. The van der Waals surface area contributed by atoms with Gasteiger partial charge in [0, 0.05) is 17.0 Å².